The molecular formula is C22H31N5O5. The Hall–Kier alpha value is -3.27. The van der Waals surface area contributed by atoms with Crippen LogP contribution in [0.4, 0.5) is 17.2 Å². The molecule has 0 saturated carbocycles. The van der Waals surface area contributed by atoms with Crippen molar-refractivity contribution in [1.82, 2.24) is 9.13 Å². The van der Waals surface area contributed by atoms with Crippen LogP contribution in [0, 0.1) is 0 Å². The zero-order chi connectivity index (χ0) is 23.1. The van der Waals surface area contributed by atoms with Gasteiger partial charge in [0.05, 0.1) is 25.4 Å². The second-order valence-corrected chi connectivity index (χ2v) is 7.58. The average Bonchev–Trinajstić information content (AvgIpc) is 2.79. The highest BCUT2D eigenvalue weighted by atomic mass is 16.5. The monoisotopic (exact) mass is 445 g/mol. The Bertz CT molecular complexity index is 1060. The van der Waals surface area contributed by atoms with E-state index in [4.69, 9.17) is 15.2 Å². The number of hydrogen-bond acceptors (Lipinski definition) is 7. The first kappa shape index (κ1) is 23.4. The molecule has 0 bridgehead atoms. The molecule has 0 atom stereocenters. The van der Waals surface area contributed by atoms with Crippen LogP contribution >= 0.6 is 0 Å². The number of nitrogen functional groups attached to an aromatic ring is 1. The van der Waals surface area contributed by atoms with E-state index >= 15 is 0 Å². The first-order valence-electron chi connectivity index (χ1n) is 10.9. The van der Waals surface area contributed by atoms with Crippen LogP contribution in [0.1, 0.15) is 26.2 Å². The fourth-order valence-corrected chi connectivity index (χ4v) is 3.84. The Balaban J connectivity index is 1.97. The van der Waals surface area contributed by atoms with Crippen molar-refractivity contribution in [2.45, 2.75) is 39.3 Å². The molecule has 1 fully saturated rings. The maximum Gasteiger partial charge on any atom is 0.333 e. The van der Waals surface area contributed by atoms with E-state index in [0.717, 1.165) is 23.8 Å². The van der Waals surface area contributed by atoms with Crippen LogP contribution in [0.25, 0.3) is 0 Å². The first-order valence-corrected chi connectivity index (χ1v) is 10.9. The SMILES string of the molecule is CCOc1ccccc1NC(=O)Cn1c(=O)c(N2CCCCC2)c(N)n(CCOC)c1=O. The third-order valence-corrected chi connectivity index (χ3v) is 5.40. The molecule has 1 aliphatic rings. The van der Waals surface area contributed by atoms with E-state index in [-0.39, 0.29) is 24.7 Å². The predicted molar refractivity (Wildman–Crippen MR) is 124 cm³/mol. The zero-order valence-corrected chi connectivity index (χ0v) is 18.6. The summed E-state index contributed by atoms with van der Waals surface area (Å²) in [5.41, 5.74) is 5.81. The fourth-order valence-electron chi connectivity index (χ4n) is 3.84. The summed E-state index contributed by atoms with van der Waals surface area (Å²) in [4.78, 5) is 41.1. The first-order chi connectivity index (χ1) is 15.5. The highest BCUT2D eigenvalue weighted by Gasteiger charge is 2.24. The second-order valence-electron chi connectivity index (χ2n) is 7.58. The third kappa shape index (κ3) is 5.13. The van der Waals surface area contributed by atoms with Crippen LogP contribution < -0.4 is 31.9 Å². The molecule has 10 heteroatoms. The molecule has 1 amide bonds. The lowest BCUT2D eigenvalue weighted by molar-refractivity contribution is -0.116. The predicted octanol–water partition coefficient (Wildman–Crippen LogP) is 1.27. The van der Waals surface area contributed by atoms with Gasteiger partial charge in [0.2, 0.25) is 5.91 Å². The molecule has 0 radical (unpaired) electrons. The third-order valence-electron chi connectivity index (χ3n) is 5.40. The van der Waals surface area contributed by atoms with E-state index in [1.807, 2.05) is 11.8 Å². The number of amides is 1. The lowest BCUT2D eigenvalue weighted by atomic mass is 10.1. The van der Waals surface area contributed by atoms with Gasteiger partial charge in [-0.1, -0.05) is 12.1 Å². The van der Waals surface area contributed by atoms with E-state index in [9.17, 15) is 14.4 Å². The molecule has 10 nitrogen and oxygen atoms in total. The number of nitrogens with zero attached hydrogens (tertiary/aromatic N) is 3. The van der Waals surface area contributed by atoms with Crippen molar-refractivity contribution in [3.05, 3.63) is 45.1 Å². The Kier molecular flexibility index (Phi) is 7.93. The quantitative estimate of drug-likeness (QED) is 0.596. The Morgan fingerprint density at radius 3 is 2.53 bits per heavy atom. The van der Waals surface area contributed by atoms with Gasteiger partial charge in [-0.05, 0) is 38.3 Å². The van der Waals surface area contributed by atoms with Crippen LogP contribution in [0.5, 0.6) is 5.75 Å². The molecule has 1 aliphatic heterocycles. The van der Waals surface area contributed by atoms with Crippen LogP contribution in [0.3, 0.4) is 0 Å². The number of para-hydroxylation sites is 2. The summed E-state index contributed by atoms with van der Waals surface area (Å²) >= 11 is 0. The number of hydrogen-bond donors (Lipinski definition) is 2. The van der Waals surface area contributed by atoms with Gasteiger partial charge in [-0.3, -0.25) is 14.2 Å². The molecule has 2 aromatic rings. The smallest absolute Gasteiger partial charge is 0.333 e. The minimum Gasteiger partial charge on any atom is -0.492 e. The number of carbonyl (C=O) groups excluding carboxylic acids is 1. The Morgan fingerprint density at radius 1 is 1.12 bits per heavy atom. The van der Waals surface area contributed by atoms with Gasteiger partial charge >= 0.3 is 5.69 Å². The van der Waals surface area contributed by atoms with Crippen molar-refractivity contribution in [2.75, 3.05) is 49.4 Å². The lowest BCUT2D eigenvalue weighted by Gasteiger charge is -2.30. The number of nitrogens with one attached hydrogen (secondary N) is 1. The van der Waals surface area contributed by atoms with Gasteiger partial charge < -0.3 is 25.4 Å². The second kappa shape index (κ2) is 10.9. The fraction of sp³-hybridized carbons (Fsp3) is 0.500. The average molecular weight is 446 g/mol. The highest BCUT2D eigenvalue weighted by molar-refractivity contribution is 5.92. The van der Waals surface area contributed by atoms with Crippen molar-refractivity contribution in [2.24, 2.45) is 0 Å². The lowest BCUT2D eigenvalue weighted by Crippen LogP contribution is -2.47. The topological polar surface area (TPSA) is 121 Å². The number of aromatic nitrogens is 2. The minimum atomic E-state index is -0.640. The molecular weight excluding hydrogens is 414 g/mol. The summed E-state index contributed by atoms with van der Waals surface area (Å²) in [6, 6.07) is 7.00. The van der Waals surface area contributed by atoms with Crippen molar-refractivity contribution in [1.29, 1.82) is 0 Å². The summed E-state index contributed by atoms with van der Waals surface area (Å²) in [6.07, 6.45) is 2.95. The molecule has 32 heavy (non-hydrogen) atoms. The van der Waals surface area contributed by atoms with E-state index in [0.29, 0.717) is 31.1 Å². The molecule has 1 aromatic heterocycles. The summed E-state index contributed by atoms with van der Waals surface area (Å²) in [7, 11) is 1.52. The molecule has 0 unspecified atom stereocenters. The van der Waals surface area contributed by atoms with Gasteiger partial charge in [0, 0.05) is 20.2 Å². The molecule has 3 rings (SSSR count). The maximum atomic E-state index is 13.3. The van der Waals surface area contributed by atoms with Crippen molar-refractivity contribution in [3.63, 3.8) is 0 Å². The van der Waals surface area contributed by atoms with Crippen LogP contribution in [-0.2, 0) is 22.6 Å². The zero-order valence-electron chi connectivity index (χ0n) is 18.6. The van der Waals surface area contributed by atoms with Crippen LogP contribution in [-0.4, -0.2) is 48.5 Å². The Labute approximate surface area is 186 Å². The number of piperidine rings is 1. The van der Waals surface area contributed by atoms with Gasteiger partial charge in [0.15, 0.2) is 0 Å². The van der Waals surface area contributed by atoms with E-state index in [1.165, 1.54) is 11.7 Å². The van der Waals surface area contributed by atoms with E-state index in [1.54, 1.807) is 24.3 Å². The molecule has 0 spiro atoms. The number of carbonyl (C=O) groups is 1. The van der Waals surface area contributed by atoms with Crippen molar-refractivity contribution >= 4 is 23.1 Å². The van der Waals surface area contributed by atoms with E-state index in [2.05, 4.69) is 5.32 Å². The van der Waals surface area contributed by atoms with Crippen molar-refractivity contribution < 1.29 is 14.3 Å². The van der Waals surface area contributed by atoms with Gasteiger partial charge in [0.25, 0.3) is 5.56 Å². The maximum absolute atomic E-state index is 13.3. The summed E-state index contributed by atoms with van der Waals surface area (Å²) in [5, 5.41) is 2.73. The molecule has 2 heterocycles. The number of benzene rings is 1. The normalized spacial score (nSPS) is 13.8. The standard InChI is InChI=1S/C22H31N5O5/c1-3-32-17-10-6-5-9-16(17)24-18(28)15-27-21(29)19(25-11-7-4-8-12-25)20(23)26(22(27)30)13-14-31-2/h5-6,9-10H,3-4,7-8,11-15,23H2,1-2H3,(H,24,28). The van der Waals surface area contributed by atoms with Crippen molar-refractivity contribution in [3.8, 4) is 5.75 Å². The van der Waals surface area contributed by atoms with Gasteiger partial charge in [-0.15, -0.1) is 0 Å². The van der Waals surface area contributed by atoms with E-state index < -0.39 is 23.7 Å². The number of nitrogens with two attached hydrogens (primary N) is 1. The van der Waals surface area contributed by atoms with Crippen LogP contribution in [0.2, 0.25) is 0 Å². The van der Waals surface area contributed by atoms with Gasteiger partial charge in [-0.2, -0.15) is 0 Å². The largest absolute Gasteiger partial charge is 0.492 e. The Morgan fingerprint density at radius 2 is 1.84 bits per heavy atom. The molecule has 1 saturated heterocycles. The number of anilines is 3. The summed E-state index contributed by atoms with van der Waals surface area (Å²) < 4.78 is 12.9. The number of ether oxygens (including phenoxy) is 2. The number of methoxy groups -OCH3 is 1. The summed E-state index contributed by atoms with van der Waals surface area (Å²) in [5.74, 6) is 0.112. The number of rotatable bonds is 9. The molecule has 0 aliphatic carbocycles. The molecule has 174 valence electrons. The van der Waals surface area contributed by atoms with Gasteiger partial charge in [-0.25, -0.2) is 9.36 Å². The minimum absolute atomic E-state index is 0.109. The summed E-state index contributed by atoms with van der Waals surface area (Å²) in [6.45, 7) is 3.62. The molecule has 3 N–H and O–H groups in total. The van der Waals surface area contributed by atoms with Gasteiger partial charge in [0.1, 0.15) is 23.8 Å². The highest BCUT2D eigenvalue weighted by Crippen LogP contribution is 2.24. The van der Waals surface area contributed by atoms with Crippen LogP contribution in [0.15, 0.2) is 33.9 Å². The molecule has 1 aromatic carbocycles.